The van der Waals surface area contributed by atoms with Crippen molar-refractivity contribution in [1.29, 1.82) is 0 Å². The van der Waals surface area contributed by atoms with Gasteiger partial charge in [0.15, 0.2) is 0 Å². The van der Waals surface area contributed by atoms with Gasteiger partial charge in [0.25, 0.3) is 0 Å². The van der Waals surface area contributed by atoms with Crippen LogP contribution in [0.15, 0.2) is 30.5 Å². The van der Waals surface area contributed by atoms with Gasteiger partial charge < -0.3 is 0 Å². The van der Waals surface area contributed by atoms with Crippen molar-refractivity contribution in [1.82, 2.24) is 9.88 Å². The van der Waals surface area contributed by atoms with Gasteiger partial charge in [-0.05, 0) is 53.6 Å². The van der Waals surface area contributed by atoms with Crippen molar-refractivity contribution >= 4 is 0 Å². The normalized spacial score (nSPS) is 17.6. The second-order valence-electron chi connectivity index (χ2n) is 6.65. The van der Waals surface area contributed by atoms with Gasteiger partial charge in [0.05, 0.1) is 5.56 Å². The molecular formula is C19H19F3N2. The Kier molecular flexibility index (Phi) is 3.83. The molecule has 1 aromatic carbocycles. The first-order valence-electron chi connectivity index (χ1n) is 8.38. The van der Waals surface area contributed by atoms with Crippen LogP contribution in [-0.4, -0.2) is 16.4 Å². The second-order valence-corrected chi connectivity index (χ2v) is 6.65. The van der Waals surface area contributed by atoms with Crippen molar-refractivity contribution < 1.29 is 13.2 Å². The molecular weight excluding hydrogens is 313 g/mol. The summed E-state index contributed by atoms with van der Waals surface area (Å²) in [5.74, 6) is 0. The lowest BCUT2D eigenvalue weighted by molar-refractivity contribution is -0.138. The molecule has 0 saturated heterocycles. The van der Waals surface area contributed by atoms with E-state index in [1.807, 2.05) is 12.1 Å². The molecule has 126 valence electrons. The molecule has 2 aliphatic rings. The number of halogens is 3. The Bertz CT molecular complexity index is 768. The smallest absolute Gasteiger partial charge is 0.294 e. The van der Waals surface area contributed by atoms with E-state index in [-0.39, 0.29) is 0 Å². The monoisotopic (exact) mass is 332 g/mol. The molecule has 2 nitrogen and oxygen atoms in total. The summed E-state index contributed by atoms with van der Waals surface area (Å²) < 4.78 is 40.4. The van der Waals surface area contributed by atoms with Crippen LogP contribution >= 0.6 is 0 Å². The van der Waals surface area contributed by atoms with Crippen molar-refractivity contribution in [3.63, 3.8) is 0 Å². The quantitative estimate of drug-likeness (QED) is 0.821. The molecule has 0 saturated carbocycles. The first-order valence-corrected chi connectivity index (χ1v) is 8.38. The van der Waals surface area contributed by atoms with E-state index in [0.717, 1.165) is 54.6 Å². The Hall–Kier alpha value is -1.88. The third kappa shape index (κ3) is 2.81. The average Bonchev–Trinajstić information content (AvgIpc) is 3.03. The molecule has 0 N–H and O–H groups in total. The summed E-state index contributed by atoms with van der Waals surface area (Å²) in [6.45, 7) is 1.79. The average molecular weight is 332 g/mol. The van der Waals surface area contributed by atoms with Crippen LogP contribution in [0.5, 0.6) is 0 Å². The van der Waals surface area contributed by atoms with Crippen molar-refractivity contribution in [3.05, 3.63) is 64.0 Å². The molecule has 1 aliphatic carbocycles. The van der Waals surface area contributed by atoms with Crippen molar-refractivity contribution in [3.8, 4) is 0 Å². The second kappa shape index (κ2) is 5.88. The summed E-state index contributed by atoms with van der Waals surface area (Å²) >= 11 is 0. The Morgan fingerprint density at radius 3 is 2.75 bits per heavy atom. The van der Waals surface area contributed by atoms with Gasteiger partial charge in [-0.25, -0.2) is 0 Å². The zero-order valence-corrected chi connectivity index (χ0v) is 13.4. The number of fused-ring (bicyclic) bond motifs is 2. The summed E-state index contributed by atoms with van der Waals surface area (Å²) in [6.07, 6.45) is 0.902. The summed E-state index contributed by atoms with van der Waals surface area (Å²) in [4.78, 5) is 6.49. The largest absolute Gasteiger partial charge is 0.416 e. The molecule has 0 bridgehead atoms. The SMILES string of the molecule is FC(F)(F)c1ccc2c(c1CN1CCc3ncccc3C1)CCC2. The first kappa shape index (κ1) is 15.6. The van der Waals surface area contributed by atoms with Gasteiger partial charge in [-0.15, -0.1) is 0 Å². The summed E-state index contributed by atoms with van der Waals surface area (Å²) in [7, 11) is 0. The van der Waals surface area contributed by atoms with Crippen molar-refractivity contribution in [2.24, 2.45) is 0 Å². The van der Waals surface area contributed by atoms with Crippen molar-refractivity contribution in [2.45, 2.75) is 44.9 Å². The molecule has 1 aromatic heterocycles. The summed E-state index contributed by atoms with van der Waals surface area (Å²) in [6, 6.07) is 6.86. The predicted molar refractivity (Wildman–Crippen MR) is 85.5 cm³/mol. The molecule has 4 rings (SSSR count). The highest BCUT2D eigenvalue weighted by atomic mass is 19.4. The van der Waals surface area contributed by atoms with Crippen molar-refractivity contribution in [2.75, 3.05) is 6.54 Å². The van der Waals surface area contributed by atoms with Crippen LogP contribution in [-0.2, 0) is 38.5 Å². The minimum absolute atomic E-state index is 0.367. The number of nitrogens with zero attached hydrogens (tertiary/aromatic N) is 2. The molecule has 0 radical (unpaired) electrons. The van der Waals surface area contributed by atoms with Crippen LogP contribution in [0.3, 0.4) is 0 Å². The molecule has 5 heteroatoms. The van der Waals surface area contributed by atoms with Crippen LogP contribution in [0.25, 0.3) is 0 Å². The van der Waals surface area contributed by atoms with E-state index in [0.29, 0.717) is 18.7 Å². The fraction of sp³-hybridized carbons (Fsp3) is 0.421. The lowest BCUT2D eigenvalue weighted by Gasteiger charge is -2.30. The van der Waals surface area contributed by atoms with Gasteiger partial charge >= 0.3 is 6.18 Å². The number of pyridine rings is 1. The van der Waals surface area contributed by atoms with Crippen LogP contribution in [0.4, 0.5) is 13.2 Å². The summed E-state index contributed by atoms with van der Waals surface area (Å²) in [5.41, 5.74) is 4.26. The molecule has 0 atom stereocenters. The molecule has 2 aromatic rings. The third-order valence-electron chi connectivity index (χ3n) is 5.13. The molecule has 0 amide bonds. The maximum Gasteiger partial charge on any atom is 0.416 e. The molecule has 0 spiro atoms. The number of alkyl halides is 3. The van der Waals surface area contributed by atoms with E-state index in [1.54, 1.807) is 12.3 Å². The van der Waals surface area contributed by atoms with E-state index in [2.05, 4.69) is 9.88 Å². The molecule has 1 aliphatic heterocycles. The predicted octanol–water partition coefficient (Wildman–Crippen LogP) is 4.15. The van der Waals surface area contributed by atoms with Gasteiger partial charge in [-0.2, -0.15) is 13.2 Å². The Morgan fingerprint density at radius 1 is 1.04 bits per heavy atom. The van der Waals surface area contributed by atoms with Crippen LogP contribution in [0.2, 0.25) is 0 Å². The minimum atomic E-state index is -4.29. The molecule has 0 fully saturated rings. The first-order chi connectivity index (χ1) is 11.5. The maximum absolute atomic E-state index is 13.5. The van der Waals surface area contributed by atoms with E-state index in [1.165, 1.54) is 6.07 Å². The van der Waals surface area contributed by atoms with E-state index in [4.69, 9.17) is 0 Å². The molecule has 2 heterocycles. The van der Waals surface area contributed by atoms with Crippen LogP contribution < -0.4 is 0 Å². The Morgan fingerprint density at radius 2 is 1.92 bits per heavy atom. The maximum atomic E-state index is 13.5. The van der Waals surface area contributed by atoms with Crippen LogP contribution in [0, 0.1) is 0 Å². The molecule has 24 heavy (non-hydrogen) atoms. The lowest BCUT2D eigenvalue weighted by atomic mass is 9.95. The van der Waals surface area contributed by atoms with Gasteiger partial charge in [0, 0.05) is 37.9 Å². The van der Waals surface area contributed by atoms with E-state index < -0.39 is 11.7 Å². The Labute approximate surface area is 139 Å². The Balaban J connectivity index is 1.66. The lowest BCUT2D eigenvalue weighted by Crippen LogP contribution is -2.32. The minimum Gasteiger partial charge on any atom is -0.294 e. The number of hydrogen-bond acceptors (Lipinski definition) is 2. The fourth-order valence-corrected chi connectivity index (χ4v) is 3.97. The van der Waals surface area contributed by atoms with Gasteiger partial charge in [0.1, 0.15) is 0 Å². The van der Waals surface area contributed by atoms with Crippen LogP contribution in [0.1, 0.15) is 39.9 Å². The summed E-state index contributed by atoms with van der Waals surface area (Å²) in [5, 5.41) is 0. The zero-order chi connectivity index (χ0) is 16.7. The van der Waals surface area contributed by atoms with E-state index in [9.17, 15) is 13.2 Å². The number of benzene rings is 1. The topological polar surface area (TPSA) is 16.1 Å². The van der Waals surface area contributed by atoms with Gasteiger partial charge in [0.2, 0.25) is 0 Å². The standard InChI is InChI=1S/C19H19F3N2/c20-19(21,22)17-7-6-13-3-1-5-15(13)16(17)12-24-10-8-18-14(11-24)4-2-9-23-18/h2,4,6-7,9H,1,3,5,8,10-12H2. The third-order valence-corrected chi connectivity index (χ3v) is 5.13. The highest BCUT2D eigenvalue weighted by molar-refractivity contribution is 5.45. The van der Waals surface area contributed by atoms with Gasteiger partial charge in [-0.3, -0.25) is 9.88 Å². The number of aryl methyl sites for hydroxylation is 1. The zero-order valence-electron chi connectivity index (χ0n) is 13.4. The van der Waals surface area contributed by atoms with Gasteiger partial charge in [-0.1, -0.05) is 12.1 Å². The highest BCUT2D eigenvalue weighted by Gasteiger charge is 2.36. The van der Waals surface area contributed by atoms with E-state index >= 15 is 0 Å². The highest BCUT2D eigenvalue weighted by Crippen LogP contribution is 2.38. The number of aromatic nitrogens is 1. The number of rotatable bonds is 2. The number of hydrogen-bond donors (Lipinski definition) is 0. The fourth-order valence-electron chi connectivity index (χ4n) is 3.97. The molecule has 0 unspecified atom stereocenters.